The Morgan fingerprint density at radius 3 is 1.40 bits per heavy atom. The molecule has 0 spiro atoms. The van der Waals surface area contributed by atoms with Gasteiger partial charge < -0.3 is 21.5 Å². The lowest BCUT2D eigenvalue weighted by atomic mass is 10.1. The van der Waals surface area contributed by atoms with Crippen LogP contribution in [0.15, 0.2) is 0 Å². The zero-order valence-electron chi connectivity index (χ0n) is 14.7. The Kier molecular flexibility index (Phi) is 18.0. The van der Waals surface area contributed by atoms with Crippen molar-refractivity contribution < 1.29 is 21.5 Å². The van der Waals surface area contributed by atoms with Crippen molar-refractivity contribution in [2.24, 2.45) is 0 Å². The van der Waals surface area contributed by atoms with Crippen LogP contribution in [0.3, 0.4) is 0 Å². The highest BCUT2D eigenvalue weighted by molar-refractivity contribution is 4.48. The second kappa shape index (κ2) is 15.8. The zero-order valence-corrected chi connectivity index (χ0v) is 16.3. The van der Waals surface area contributed by atoms with Crippen LogP contribution in [0, 0.1) is 0 Å². The van der Waals surface area contributed by atoms with Crippen molar-refractivity contribution in [1.82, 2.24) is 0 Å². The minimum atomic E-state index is 0. The fourth-order valence-electron chi connectivity index (χ4n) is 2.95. The maximum atomic E-state index is 2.43. The number of quaternary nitrogens is 1. The Bertz CT molecular complexity index is 184. The molecule has 124 valence electrons. The lowest BCUT2D eigenvalue weighted by Gasteiger charge is -2.33. The van der Waals surface area contributed by atoms with Crippen LogP contribution in [-0.4, -0.2) is 31.2 Å². The van der Waals surface area contributed by atoms with Crippen LogP contribution in [0.1, 0.15) is 91.4 Å². The van der Waals surface area contributed by atoms with Crippen molar-refractivity contribution >= 4 is 0 Å². The molecule has 0 radical (unpaired) electrons. The first-order chi connectivity index (χ1) is 9.18. The summed E-state index contributed by atoms with van der Waals surface area (Å²) in [5.74, 6) is 0. The van der Waals surface area contributed by atoms with Crippen LogP contribution < -0.4 is 17.0 Å². The predicted octanol–water partition coefficient (Wildman–Crippen LogP) is 2.79. The smallest absolute Gasteiger partial charge is 0.0784 e. The molecule has 0 heterocycles. The van der Waals surface area contributed by atoms with Gasteiger partial charge in [-0.25, -0.2) is 0 Å². The maximum Gasteiger partial charge on any atom is 0.0784 e. The van der Waals surface area contributed by atoms with E-state index in [1.165, 1.54) is 94.7 Å². The molecule has 0 aliphatic carbocycles. The summed E-state index contributed by atoms with van der Waals surface area (Å²) in [6.07, 6.45) is 15.8. The minimum absolute atomic E-state index is 0. The fraction of sp³-hybridized carbons (Fsp3) is 1.00. The van der Waals surface area contributed by atoms with Gasteiger partial charge in [0, 0.05) is 0 Å². The summed E-state index contributed by atoms with van der Waals surface area (Å²) in [6.45, 7) is 11.0. The van der Waals surface area contributed by atoms with Gasteiger partial charge in [0.15, 0.2) is 0 Å². The first-order valence-electron chi connectivity index (χ1n) is 9.02. The minimum Gasteiger partial charge on any atom is -1.00 e. The molecule has 2 heteroatoms. The molecule has 0 aromatic heterocycles. The topological polar surface area (TPSA) is 0 Å². The molecule has 1 unspecified atom stereocenters. The van der Waals surface area contributed by atoms with Gasteiger partial charge in [-0.15, -0.1) is 0 Å². The molecule has 0 bridgehead atoms. The predicted molar refractivity (Wildman–Crippen MR) is 88.6 cm³/mol. The average molecular weight is 350 g/mol. The van der Waals surface area contributed by atoms with Crippen molar-refractivity contribution in [2.75, 3.05) is 26.7 Å². The molecule has 0 rings (SSSR count). The number of halogens is 1. The summed E-state index contributed by atoms with van der Waals surface area (Å²) < 4.78 is 1.29. The molecule has 0 saturated carbocycles. The second-order valence-corrected chi connectivity index (χ2v) is 6.56. The SMILES string of the molecule is CCCCCCCCCCCC[N+](C)(CC)CCC.[Br-]. The van der Waals surface area contributed by atoms with Crippen molar-refractivity contribution in [1.29, 1.82) is 0 Å². The van der Waals surface area contributed by atoms with Crippen LogP contribution >= 0.6 is 0 Å². The molecule has 0 saturated heterocycles. The van der Waals surface area contributed by atoms with Gasteiger partial charge in [-0.3, -0.25) is 0 Å². The summed E-state index contributed by atoms with van der Waals surface area (Å²) in [6, 6.07) is 0. The van der Waals surface area contributed by atoms with E-state index in [-0.39, 0.29) is 17.0 Å². The Morgan fingerprint density at radius 2 is 1.00 bits per heavy atom. The highest BCUT2D eigenvalue weighted by Gasteiger charge is 2.16. The number of hydrogen-bond donors (Lipinski definition) is 0. The van der Waals surface area contributed by atoms with Crippen LogP contribution in [0.4, 0.5) is 0 Å². The molecule has 0 aromatic carbocycles. The van der Waals surface area contributed by atoms with Gasteiger partial charge >= 0.3 is 0 Å². The quantitative estimate of drug-likeness (QED) is 0.334. The third-order valence-electron chi connectivity index (χ3n) is 4.58. The third-order valence-corrected chi connectivity index (χ3v) is 4.58. The molecule has 0 amide bonds. The number of hydrogen-bond acceptors (Lipinski definition) is 0. The van der Waals surface area contributed by atoms with Gasteiger partial charge in [0.05, 0.1) is 26.7 Å². The monoisotopic (exact) mass is 349 g/mol. The van der Waals surface area contributed by atoms with Gasteiger partial charge in [0.2, 0.25) is 0 Å². The van der Waals surface area contributed by atoms with Gasteiger partial charge in [-0.1, -0.05) is 65.2 Å². The van der Waals surface area contributed by atoms with Gasteiger partial charge in [0.1, 0.15) is 0 Å². The number of nitrogens with zero attached hydrogens (tertiary/aromatic N) is 1. The Labute approximate surface area is 139 Å². The Morgan fingerprint density at radius 1 is 0.550 bits per heavy atom. The van der Waals surface area contributed by atoms with Gasteiger partial charge in [-0.2, -0.15) is 0 Å². The third kappa shape index (κ3) is 13.4. The first kappa shape index (κ1) is 22.7. The van der Waals surface area contributed by atoms with E-state index in [2.05, 4.69) is 27.8 Å². The molecule has 0 aromatic rings. The molecular formula is C18H40BrN. The molecule has 1 nitrogen and oxygen atoms in total. The molecule has 1 atom stereocenters. The largest absolute Gasteiger partial charge is 1.00 e. The van der Waals surface area contributed by atoms with Crippen molar-refractivity contribution in [3.05, 3.63) is 0 Å². The summed E-state index contributed by atoms with van der Waals surface area (Å²) in [5, 5.41) is 0. The van der Waals surface area contributed by atoms with E-state index in [1.54, 1.807) is 0 Å². The van der Waals surface area contributed by atoms with E-state index in [9.17, 15) is 0 Å². The molecular weight excluding hydrogens is 310 g/mol. The van der Waals surface area contributed by atoms with Crippen LogP contribution in [0.5, 0.6) is 0 Å². The molecule has 0 N–H and O–H groups in total. The Balaban J connectivity index is 0. The van der Waals surface area contributed by atoms with Crippen molar-refractivity contribution in [3.8, 4) is 0 Å². The second-order valence-electron chi connectivity index (χ2n) is 6.56. The normalized spacial score (nSPS) is 13.8. The molecule has 20 heavy (non-hydrogen) atoms. The van der Waals surface area contributed by atoms with E-state index in [1.807, 2.05) is 0 Å². The molecule has 0 aliphatic heterocycles. The maximum absolute atomic E-state index is 2.43. The highest BCUT2D eigenvalue weighted by atomic mass is 79.9. The van der Waals surface area contributed by atoms with E-state index in [0.717, 1.165) is 0 Å². The first-order valence-corrected chi connectivity index (χ1v) is 9.02. The fourth-order valence-corrected chi connectivity index (χ4v) is 2.95. The zero-order chi connectivity index (χ0) is 14.4. The van der Waals surface area contributed by atoms with Crippen LogP contribution in [0.25, 0.3) is 0 Å². The summed E-state index contributed by atoms with van der Waals surface area (Å²) >= 11 is 0. The van der Waals surface area contributed by atoms with Gasteiger partial charge in [-0.05, 0) is 26.2 Å². The van der Waals surface area contributed by atoms with E-state index >= 15 is 0 Å². The van der Waals surface area contributed by atoms with Crippen LogP contribution in [0.2, 0.25) is 0 Å². The highest BCUT2D eigenvalue weighted by Crippen LogP contribution is 2.12. The van der Waals surface area contributed by atoms with Crippen LogP contribution in [-0.2, 0) is 0 Å². The lowest BCUT2D eigenvalue weighted by molar-refractivity contribution is -0.908. The number of unbranched alkanes of at least 4 members (excludes halogenated alkanes) is 9. The molecule has 0 aliphatic rings. The summed E-state index contributed by atoms with van der Waals surface area (Å²) in [7, 11) is 2.43. The average Bonchev–Trinajstić information content (AvgIpc) is 2.41. The number of rotatable bonds is 14. The molecule has 0 fully saturated rings. The van der Waals surface area contributed by atoms with E-state index in [4.69, 9.17) is 0 Å². The summed E-state index contributed by atoms with van der Waals surface area (Å²) in [4.78, 5) is 0. The van der Waals surface area contributed by atoms with Gasteiger partial charge in [0.25, 0.3) is 0 Å². The van der Waals surface area contributed by atoms with Crippen molar-refractivity contribution in [3.63, 3.8) is 0 Å². The lowest BCUT2D eigenvalue weighted by Crippen LogP contribution is -3.00. The van der Waals surface area contributed by atoms with E-state index in [0.29, 0.717) is 0 Å². The van der Waals surface area contributed by atoms with Crippen molar-refractivity contribution in [2.45, 2.75) is 91.4 Å². The Hall–Kier alpha value is 0.440. The van der Waals surface area contributed by atoms with E-state index < -0.39 is 0 Å². The summed E-state index contributed by atoms with van der Waals surface area (Å²) in [5.41, 5.74) is 0. The standard InChI is InChI=1S/C18H40N.BrH/c1-5-8-9-10-11-12-13-14-15-16-18-19(4,7-3)17-6-2;/h5-18H2,1-4H3;1H/q+1;/p-1.